The van der Waals surface area contributed by atoms with E-state index in [0.717, 1.165) is 17.7 Å². The zero-order valence-corrected chi connectivity index (χ0v) is 11.4. The van der Waals surface area contributed by atoms with Crippen LogP contribution in [-0.2, 0) is 12.7 Å². The molecule has 1 amide bonds. The van der Waals surface area contributed by atoms with Crippen LogP contribution in [-0.4, -0.2) is 5.91 Å². The monoisotopic (exact) mass is 293 g/mol. The number of carbonyl (C=O) groups excluding carboxylic acids is 1. The molecule has 0 bridgehead atoms. The van der Waals surface area contributed by atoms with Gasteiger partial charge >= 0.3 is 6.18 Å². The summed E-state index contributed by atoms with van der Waals surface area (Å²) in [6.07, 6.45) is -4.38. The molecule has 0 aliphatic rings. The Bertz CT molecular complexity index is 650. The molecule has 0 radical (unpaired) electrons. The summed E-state index contributed by atoms with van der Waals surface area (Å²) in [5.74, 6) is -0.300. The van der Waals surface area contributed by atoms with Crippen LogP contribution in [0.25, 0.3) is 0 Å². The minimum absolute atomic E-state index is 0.0527. The Labute approximate surface area is 120 Å². The van der Waals surface area contributed by atoms with Crippen LogP contribution in [0.5, 0.6) is 0 Å². The first-order valence-corrected chi connectivity index (χ1v) is 6.38. The molecular weight excluding hydrogens is 279 g/mol. The van der Waals surface area contributed by atoms with E-state index in [4.69, 9.17) is 0 Å². The van der Waals surface area contributed by atoms with Crippen molar-refractivity contribution in [1.82, 2.24) is 5.32 Å². The molecule has 21 heavy (non-hydrogen) atoms. The maximum atomic E-state index is 12.6. The van der Waals surface area contributed by atoms with Crippen molar-refractivity contribution in [2.75, 3.05) is 0 Å². The first-order valence-electron chi connectivity index (χ1n) is 6.38. The van der Waals surface area contributed by atoms with Gasteiger partial charge < -0.3 is 5.32 Å². The number of hydrogen-bond acceptors (Lipinski definition) is 1. The highest BCUT2D eigenvalue weighted by Crippen LogP contribution is 2.29. The highest BCUT2D eigenvalue weighted by molar-refractivity contribution is 5.95. The molecule has 2 aromatic rings. The quantitative estimate of drug-likeness (QED) is 0.912. The summed E-state index contributed by atoms with van der Waals surface area (Å²) in [4.78, 5) is 12.0. The Morgan fingerprint density at radius 1 is 1.10 bits per heavy atom. The molecule has 0 spiro atoms. The molecule has 0 aliphatic carbocycles. The number of rotatable bonds is 3. The lowest BCUT2D eigenvalue weighted by Gasteiger charge is -2.10. The summed E-state index contributed by atoms with van der Waals surface area (Å²) in [6.45, 7) is 1.86. The minimum atomic E-state index is -4.38. The highest BCUT2D eigenvalue weighted by Gasteiger charge is 2.30. The Kier molecular flexibility index (Phi) is 4.31. The van der Waals surface area contributed by atoms with Crippen molar-refractivity contribution in [3.8, 4) is 0 Å². The van der Waals surface area contributed by atoms with Gasteiger partial charge in [0.05, 0.1) is 5.56 Å². The van der Waals surface area contributed by atoms with Gasteiger partial charge in [-0.25, -0.2) is 0 Å². The standard InChI is InChI=1S/C16H14F3NO/c1-11-5-2-3-8-14(11)15(21)20-10-12-6-4-7-13(9-12)16(17,18)19/h2-9H,10H2,1H3,(H,20,21). The van der Waals surface area contributed by atoms with E-state index in [2.05, 4.69) is 5.32 Å². The lowest BCUT2D eigenvalue weighted by atomic mass is 10.1. The Balaban J connectivity index is 2.07. The van der Waals surface area contributed by atoms with Crippen LogP contribution in [0, 0.1) is 6.92 Å². The first-order chi connectivity index (χ1) is 9.88. The molecule has 0 fully saturated rings. The average molecular weight is 293 g/mol. The van der Waals surface area contributed by atoms with E-state index in [1.165, 1.54) is 6.07 Å². The summed E-state index contributed by atoms with van der Waals surface area (Å²) >= 11 is 0. The Hall–Kier alpha value is -2.30. The van der Waals surface area contributed by atoms with Gasteiger partial charge in [0.25, 0.3) is 5.91 Å². The molecule has 0 aromatic heterocycles. The highest BCUT2D eigenvalue weighted by atomic mass is 19.4. The van der Waals surface area contributed by atoms with E-state index in [1.807, 2.05) is 6.07 Å². The number of nitrogens with one attached hydrogen (secondary N) is 1. The summed E-state index contributed by atoms with van der Waals surface area (Å²) in [5.41, 5.74) is 1.03. The van der Waals surface area contributed by atoms with E-state index in [9.17, 15) is 18.0 Å². The fourth-order valence-corrected chi connectivity index (χ4v) is 1.96. The number of alkyl halides is 3. The van der Waals surface area contributed by atoms with Crippen LogP contribution >= 0.6 is 0 Å². The van der Waals surface area contributed by atoms with Crippen molar-refractivity contribution in [2.45, 2.75) is 19.6 Å². The number of benzene rings is 2. The van der Waals surface area contributed by atoms with E-state index < -0.39 is 11.7 Å². The number of hydrogen-bond donors (Lipinski definition) is 1. The van der Waals surface area contributed by atoms with Crippen molar-refractivity contribution in [1.29, 1.82) is 0 Å². The fraction of sp³-hybridized carbons (Fsp3) is 0.188. The molecular formula is C16H14F3NO. The summed E-state index contributed by atoms with van der Waals surface area (Å²) in [6, 6.07) is 12.0. The number of carbonyl (C=O) groups is 1. The fourth-order valence-electron chi connectivity index (χ4n) is 1.96. The largest absolute Gasteiger partial charge is 0.416 e. The SMILES string of the molecule is Cc1ccccc1C(=O)NCc1cccc(C(F)(F)F)c1. The van der Waals surface area contributed by atoms with Crippen LogP contribution in [0.15, 0.2) is 48.5 Å². The molecule has 0 unspecified atom stereocenters. The second-order valence-corrected chi connectivity index (χ2v) is 4.70. The third kappa shape index (κ3) is 3.84. The third-order valence-electron chi connectivity index (χ3n) is 3.10. The second kappa shape index (κ2) is 5.99. The van der Waals surface area contributed by atoms with Gasteiger partial charge in [-0.2, -0.15) is 13.2 Å². The van der Waals surface area contributed by atoms with Gasteiger partial charge in [0.2, 0.25) is 0 Å². The molecule has 0 heterocycles. The zero-order chi connectivity index (χ0) is 15.5. The van der Waals surface area contributed by atoms with Crippen LogP contribution < -0.4 is 5.32 Å². The van der Waals surface area contributed by atoms with Crippen molar-refractivity contribution in [2.24, 2.45) is 0 Å². The molecule has 110 valence electrons. The Morgan fingerprint density at radius 3 is 2.48 bits per heavy atom. The van der Waals surface area contributed by atoms with Crippen molar-refractivity contribution < 1.29 is 18.0 Å². The smallest absolute Gasteiger partial charge is 0.348 e. The maximum absolute atomic E-state index is 12.6. The van der Waals surface area contributed by atoms with Crippen LogP contribution in [0.1, 0.15) is 27.0 Å². The van der Waals surface area contributed by atoms with Gasteiger partial charge in [-0.3, -0.25) is 4.79 Å². The van der Waals surface area contributed by atoms with E-state index >= 15 is 0 Å². The van der Waals surface area contributed by atoms with Crippen molar-refractivity contribution in [3.05, 3.63) is 70.8 Å². The molecule has 2 nitrogen and oxygen atoms in total. The van der Waals surface area contributed by atoms with E-state index in [-0.39, 0.29) is 12.5 Å². The van der Waals surface area contributed by atoms with Gasteiger partial charge in [0, 0.05) is 12.1 Å². The predicted molar refractivity (Wildman–Crippen MR) is 73.8 cm³/mol. The third-order valence-corrected chi connectivity index (χ3v) is 3.10. The topological polar surface area (TPSA) is 29.1 Å². The minimum Gasteiger partial charge on any atom is -0.348 e. The van der Waals surface area contributed by atoms with Crippen LogP contribution in [0.3, 0.4) is 0 Å². The van der Waals surface area contributed by atoms with Crippen LogP contribution in [0.2, 0.25) is 0 Å². The van der Waals surface area contributed by atoms with E-state index in [0.29, 0.717) is 11.1 Å². The van der Waals surface area contributed by atoms with Crippen molar-refractivity contribution in [3.63, 3.8) is 0 Å². The summed E-state index contributed by atoms with van der Waals surface area (Å²) < 4.78 is 37.8. The molecule has 5 heteroatoms. The van der Waals surface area contributed by atoms with Gasteiger partial charge in [0.15, 0.2) is 0 Å². The average Bonchev–Trinajstić information content (AvgIpc) is 2.45. The lowest BCUT2D eigenvalue weighted by Crippen LogP contribution is -2.23. The summed E-state index contributed by atoms with van der Waals surface area (Å²) in [7, 11) is 0. The van der Waals surface area contributed by atoms with Crippen molar-refractivity contribution >= 4 is 5.91 Å². The van der Waals surface area contributed by atoms with Gasteiger partial charge in [-0.05, 0) is 36.2 Å². The molecule has 1 N–H and O–H groups in total. The molecule has 0 aliphatic heterocycles. The predicted octanol–water partition coefficient (Wildman–Crippen LogP) is 3.94. The number of aryl methyl sites for hydroxylation is 1. The van der Waals surface area contributed by atoms with Gasteiger partial charge in [-0.1, -0.05) is 30.3 Å². The molecule has 2 aromatic carbocycles. The molecule has 0 saturated carbocycles. The molecule has 0 saturated heterocycles. The Morgan fingerprint density at radius 2 is 1.81 bits per heavy atom. The second-order valence-electron chi connectivity index (χ2n) is 4.70. The van der Waals surface area contributed by atoms with Gasteiger partial charge in [-0.15, -0.1) is 0 Å². The summed E-state index contributed by atoms with van der Waals surface area (Å²) in [5, 5.41) is 2.63. The van der Waals surface area contributed by atoms with Gasteiger partial charge in [0.1, 0.15) is 0 Å². The molecule has 0 atom stereocenters. The number of amides is 1. The van der Waals surface area contributed by atoms with Crippen LogP contribution in [0.4, 0.5) is 13.2 Å². The normalized spacial score (nSPS) is 11.2. The number of halogens is 3. The lowest BCUT2D eigenvalue weighted by molar-refractivity contribution is -0.137. The molecule has 2 rings (SSSR count). The first kappa shape index (κ1) is 15.1. The maximum Gasteiger partial charge on any atom is 0.416 e. The zero-order valence-electron chi connectivity index (χ0n) is 11.4. The van der Waals surface area contributed by atoms with E-state index in [1.54, 1.807) is 31.2 Å².